The summed E-state index contributed by atoms with van der Waals surface area (Å²) in [5.41, 5.74) is 10.1. The van der Waals surface area contributed by atoms with Crippen LogP contribution in [-0.2, 0) is 14.3 Å². The minimum Gasteiger partial charge on any atom is -0.460 e. The van der Waals surface area contributed by atoms with Crippen LogP contribution in [0.2, 0.25) is 0 Å². The number of esters is 1. The first kappa shape index (κ1) is 12.3. The zero-order valence-electron chi connectivity index (χ0n) is 8.15. The van der Waals surface area contributed by atoms with E-state index in [-0.39, 0.29) is 18.4 Å². The maximum absolute atomic E-state index is 11.0. The zero-order chi connectivity index (χ0) is 11.1. The number of nitrogens with two attached hydrogens (primary N) is 2. The first-order valence-electron chi connectivity index (χ1n) is 4.00. The van der Waals surface area contributed by atoms with Crippen molar-refractivity contribution in [1.82, 2.24) is 0 Å². The molecule has 0 aromatic rings. The third-order valence-electron chi connectivity index (χ3n) is 1.04. The quantitative estimate of drug-likeness (QED) is 0.488. The minimum atomic E-state index is -0.946. The lowest BCUT2D eigenvalue weighted by Gasteiger charge is -2.05. The van der Waals surface area contributed by atoms with Gasteiger partial charge in [0.1, 0.15) is 6.61 Å². The van der Waals surface area contributed by atoms with Gasteiger partial charge in [0.25, 0.3) is 0 Å². The van der Waals surface area contributed by atoms with E-state index in [1.807, 2.05) is 0 Å². The highest BCUT2D eigenvalue weighted by Gasteiger charge is 2.03. The average molecular weight is 202 g/mol. The first-order valence-corrected chi connectivity index (χ1v) is 4.00. The standard InChI is InChI=1S/C8H14N2O4/c1-5(2)14-7(11)3-6(9)4-13-8(10)12/h3,5H,4,9H2,1-2H3,(H2,10,12). The van der Waals surface area contributed by atoms with Crippen LogP contribution in [0, 0.1) is 0 Å². The molecule has 80 valence electrons. The zero-order valence-corrected chi connectivity index (χ0v) is 8.15. The van der Waals surface area contributed by atoms with Crippen LogP contribution in [0.4, 0.5) is 4.79 Å². The SMILES string of the molecule is CC(C)OC(=O)C=C(N)COC(N)=O. The third-order valence-corrected chi connectivity index (χ3v) is 1.04. The monoisotopic (exact) mass is 202 g/mol. The Labute approximate surface area is 81.8 Å². The van der Waals surface area contributed by atoms with Gasteiger partial charge in [-0.2, -0.15) is 0 Å². The van der Waals surface area contributed by atoms with Gasteiger partial charge in [0.05, 0.1) is 11.8 Å². The highest BCUT2D eigenvalue weighted by atomic mass is 16.5. The van der Waals surface area contributed by atoms with Gasteiger partial charge in [0.2, 0.25) is 0 Å². The number of primary amides is 1. The Morgan fingerprint density at radius 3 is 2.36 bits per heavy atom. The minimum absolute atomic E-state index is 0.0782. The van der Waals surface area contributed by atoms with Crippen LogP contribution in [0.5, 0.6) is 0 Å². The number of carbonyl (C=O) groups excluding carboxylic acids is 2. The topological polar surface area (TPSA) is 105 Å². The van der Waals surface area contributed by atoms with E-state index in [0.29, 0.717) is 0 Å². The Morgan fingerprint density at radius 1 is 1.36 bits per heavy atom. The summed E-state index contributed by atoms with van der Waals surface area (Å²) < 4.78 is 9.11. The van der Waals surface area contributed by atoms with Crippen molar-refractivity contribution in [2.45, 2.75) is 20.0 Å². The summed E-state index contributed by atoms with van der Waals surface area (Å²) >= 11 is 0. The number of hydrogen-bond acceptors (Lipinski definition) is 5. The highest BCUT2D eigenvalue weighted by Crippen LogP contribution is 1.93. The van der Waals surface area contributed by atoms with Crippen molar-refractivity contribution in [2.75, 3.05) is 6.61 Å². The molecule has 0 saturated carbocycles. The van der Waals surface area contributed by atoms with Crippen molar-refractivity contribution in [2.24, 2.45) is 11.5 Å². The fraction of sp³-hybridized carbons (Fsp3) is 0.500. The van der Waals surface area contributed by atoms with Crippen molar-refractivity contribution in [3.05, 3.63) is 11.8 Å². The maximum Gasteiger partial charge on any atom is 0.404 e. The van der Waals surface area contributed by atoms with E-state index in [4.69, 9.17) is 16.2 Å². The molecule has 14 heavy (non-hydrogen) atoms. The van der Waals surface area contributed by atoms with E-state index >= 15 is 0 Å². The maximum atomic E-state index is 11.0. The molecule has 0 radical (unpaired) electrons. The molecule has 0 fully saturated rings. The molecule has 0 aliphatic rings. The molecular formula is C8H14N2O4. The Kier molecular flexibility index (Phi) is 5.13. The van der Waals surface area contributed by atoms with Crippen molar-refractivity contribution >= 4 is 12.1 Å². The van der Waals surface area contributed by atoms with Gasteiger partial charge in [0, 0.05) is 6.08 Å². The largest absolute Gasteiger partial charge is 0.460 e. The molecule has 0 aromatic carbocycles. The molecule has 6 heteroatoms. The fourth-order valence-corrected chi connectivity index (χ4v) is 0.614. The number of rotatable bonds is 4. The van der Waals surface area contributed by atoms with E-state index in [2.05, 4.69) is 4.74 Å². The predicted octanol–water partition coefficient (Wildman–Crippen LogP) is -0.124. The normalized spacial score (nSPS) is 11.2. The van der Waals surface area contributed by atoms with E-state index in [0.717, 1.165) is 6.08 Å². The Balaban J connectivity index is 3.96. The molecule has 1 amide bonds. The summed E-state index contributed by atoms with van der Waals surface area (Å²) in [6.45, 7) is 3.20. The highest BCUT2D eigenvalue weighted by molar-refractivity contribution is 5.82. The second kappa shape index (κ2) is 5.85. The summed E-state index contributed by atoms with van der Waals surface area (Å²) in [6, 6.07) is 0. The number of hydrogen-bond donors (Lipinski definition) is 2. The van der Waals surface area contributed by atoms with E-state index < -0.39 is 12.1 Å². The number of carbonyl (C=O) groups is 2. The lowest BCUT2D eigenvalue weighted by atomic mass is 10.4. The van der Waals surface area contributed by atoms with Gasteiger partial charge in [-0.05, 0) is 13.8 Å². The molecule has 0 aliphatic heterocycles. The summed E-state index contributed by atoms with van der Waals surface area (Å²) in [4.78, 5) is 21.1. The van der Waals surface area contributed by atoms with E-state index in [1.54, 1.807) is 13.8 Å². The van der Waals surface area contributed by atoms with Crippen LogP contribution in [-0.4, -0.2) is 24.8 Å². The van der Waals surface area contributed by atoms with Crippen molar-refractivity contribution in [3.8, 4) is 0 Å². The Bertz CT molecular complexity index is 248. The molecule has 4 N–H and O–H groups in total. The molecule has 0 aliphatic carbocycles. The van der Waals surface area contributed by atoms with Crippen molar-refractivity contribution in [3.63, 3.8) is 0 Å². The molecule has 0 bridgehead atoms. The number of amides is 1. The van der Waals surface area contributed by atoms with Crippen molar-refractivity contribution in [1.29, 1.82) is 0 Å². The van der Waals surface area contributed by atoms with Gasteiger partial charge in [-0.3, -0.25) is 0 Å². The summed E-state index contributed by atoms with van der Waals surface area (Å²) in [7, 11) is 0. The van der Waals surface area contributed by atoms with Crippen LogP contribution in [0.3, 0.4) is 0 Å². The summed E-state index contributed by atoms with van der Waals surface area (Å²) in [6.07, 6.45) is -0.120. The van der Waals surface area contributed by atoms with Crippen LogP contribution < -0.4 is 11.5 Å². The molecule has 0 saturated heterocycles. The van der Waals surface area contributed by atoms with Gasteiger partial charge in [-0.25, -0.2) is 9.59 Å². The van der Waals surface area contributed by atoms with Crippen molar-refractivity contribution < 1.29 is 19.1 Å². The van der Waals surface area contributed by atoms with Gasteiger partial charge >= 0.3 is 12.1 Å². The summed E-state index contributed by atoms with van der Waals surface area (Å²) in [5.74, 6) is -0.578. The second-order valence-corrected chi connectivity index (χ2v) is 2.81. The lowest BCUT2D eigenvalue weighted by molar-refractivity contribution is -0.141. The average Bonchev–Trinajstić information content (AvgIpc) is 1.98. The van der Waals surface area contributed by atoms with E-state index in [9.17, 15) is 9.59 Å². The molecule has 0 spiro atoms. The molecule has 0 atom stereocenters. The molecule has 0 heterocycles. The molecule has 0 unspecified atom stereocenters. The number of ether oxygens (including phenoxy) is 2. The van der Waals surface area contributed by atoms with Gasteiger partial charge in [0.15, 0.2) is 0 Å². The van der Waals surface area contributed by atoms with Crippen LogP contribution in [0.1, 0.15) is 13.8 Å². The smallest absolute Gasteiger partial charge is 0.404 e. The summed E-state index contributed by atoms with van der Waals surface area (Å²) in [5, 5.41) is 0. The molecular weight excluding hydrogens is 188 g/mol. The van der Waals surface area contributed by atoms with Gasteiger partial charge in [-0.1, -0.05) is 0 Å². The predicted molar refractivity (Wildman–Crippen MR) is 49.0 cm³/mol. The molecule has 0 aromatic heterocycles. The molecule has 6 nitrogen and oxygen atoms in total. The van der Waals surface area contributed by atoms with Crippen LogP contribution >= 0.6 is 0 Å². The van der Waals surface area contributed by atoms with Crippen LogP contribution in [0.25, 0.3) is 0 Å². The lowest BCUT2D eigenvalue weighted by Crippen LogP contribution is -2.19. The Morgan fingerprint density at radius 2 is 1.93 bits per heavy atom. The molecule has 0 rings (SSSR count). The fourth-order valence-electron chi connectivity index (χ4n) is 0.614. The van der Waals surface area contributed by atoms with Gasteiger partial charge in [-0.15, -0.1) is 0 Å². The second-order valence-electron chi connectivity index (χ2n) is 2.81. The third kappa shape index (κ3) is 6.96. The van der Waals surface area contributed by atoms with Gasteiger partial charge < -0.3 is 20.9 Å². The first-order chi connectivity index (χ1) is 6.41. The van der Waals surface area contributed by atoms with Crippen LogP contribution in [0.15, 0.2) is 11.8 Å². The van der Waals surface area contributed by atoms with E-state index in [1.165, 1.54) is 0 Å². The Hall–Kier alpha value is -1.72.